The summed E-state index contributed by atoms with van der Waals surface area (Å²) in [5.74, 6) is 0.550. The Morgan fingerprint density at radius 1 is 1.29 bits per heavy atom. The van der Waals surface area contributed by atoms with Crippen LogP contribution >= 0.6 is 0 Å². The smallest absolute Gasteiger partial charge is 0.239 e. The molecule has 1 aromatic carbocycles. The van der Waals surface area contributed by atoms with Gasteiger partial charge in [0.15, 0.2) is 5.96 Å². The van der Waals surface area contributed by atoms with Crippen LogP contribution in [0.3, 0.4) is 0 Å². The van der Waals surface area contributed by atoms with Gasteiger partial charge >= 0.3 is 0 Å². The molecule has 7 heteroatoms. The van der Waals surface area contributed by atoms with Crippen LogP contribution < -0.4 is 16.0 Å². The number of ether oxygens (including phenoxy) is 1. The van der Waals surface area contributed by atoms with E-state index in [2.05, 4.69) is 57.0 Å². The minimum absolute atomic E-state index is 0.0582. The Morgan fingerprint density at radius 3 is 2.71 bits per heavy atom. The second kappa shape index (κ2) is 10.4. The molecule has 1 heterocycles. The maximum absolute atomic E-state index is 11.9. The first-order chi connectivity index (χ1) is 13.2. The zero-order valence-corrected chi connectivity index (χ0v) is 17.8. The fourth-order valence-corrected chi connectivity index (χ4v) is 3.16. The standard InChI is InChI=1S/C21H35N5O2/c1-16-14-26(9-10-28-16)15-18-8-6-7-17(11-18)12-23-20(22-5)24-13-19(27)25-21(2,3)4/h6-8,11,16H,9-10,12-15H2,1-5H3,(H,25,27)(H2,22,23,24). The predicted octanol–water partition coefficient (Wildman–Crippen LogP) is 1.49. The van der Waals surface area contributed by atoms with Crippen molar-refractivity contribution in [3.63, 3.8) is 0 Å². The maximum atomic E-state index is 11.9. The van der Waals surface area contributed by atoms with E-state index in [1.54, 1.807) is 7.05 Å². The molecular weight excluding hydrogens is 354 g/mol. The van der Waals surface area contributed by atoms with Crippen LogP contribution in [-0.2, 0) is 22.6 Å². The summed E-state index contributed by atoms with van der Waals surface area (Å²) >= 11 is 0. The van der Waals surface area contributed by atoms with Crippen LogP contribution in [0.5, 0.6) is 0 Å². The number of hydrogen-bond acceptors (Lipinski definition) is 4. The molecule has 1 aromatic rings. The number of guanidine groups is 1. The van der Waals surface area contributed by atoms with Gasteiger partial charge < -0.3 is 20.7 Å². The Labute approximate surface area is 168 Å². The number of benzene rings is 1. The number of nitrogens with zero attached hydrogens (tertiary/aromatic N) is 2. The first-order valence-corrected chi connectivity index (χ1v) is 9.92. The van der Waals surface area contributed by atoms with Gasteiger partial charge in [0.05, 0.1) is 19.3 Å². The van der Waals surface area contributed by atoms with Crippen molar-refractivity contribution in [2.24, 2.45) is 4.99 Å². The van der Waals surface area contributed by atoms with E-state index in [-0.39, 0.29) is 18.0 Å². The summed E-state index contributed by atoms with van der Waals surface area (Å²) in [7, 11) is 1.70. The molecule has 7 nitrogen and oxygen atoms in total. The quantitative estimate of drug-likeness (QED) is 0.508. The van der Waals surface area contributed by atoms with Gasteiger partial charge in [-0.05, 0) is 38.8 Å². The SMILES string of the molecule is CN=C(NCC(=O)NC(C)(C)C)NCc1cccc(CN2CCOC(C)C2)c1. The Balaban J connectivity index is 1.81. The lowest BCUT2D eigenvalue weighted by Gasteiger charge is -2.31. The summed E-state index contributed by atoms with van der Waals surface area (Å²) in [4.78, 5) is 18.6. The molecule has 3 N–H and O–H groups in total. The third kappa shape index (κ3) is 8.27. The van der Waals surface area contributed by atoms with E-state index in [0.29, 0.717) is 18.6 Å². The second-order valence-corrected chi connectivity index (χ2v) is 8.31. The van der Waals surface area contributed by atoms with Crippen molar-refractivity contribution in [3.8, 4) is 0 Å². The van der Waals surface area contributed by atoms with E-state index in [0.717, 1.165) is 26.2 Å². The Hall–Kier alpha value is -2.12. The summed E-state index contributed by atoms with van der Waals surface area (Å²) in [5, 5.41) is 9.24. The van der Waals surface area contributed by atoms with Gasteiger partial charge in [0.1, 0.15) is 0 Å². The summed E-state index contributed by atoms with van der Waals surface area (Å²) in [6.45, 7) is 12.5. The van der Waals surface area contributed by atoms with E-state index < -0.39 is 0 Å². The Morgan fingerprint density at radius 2 is 2.04 bits per heavy atom. The highest BCUT2D eigenvalue weighted by atomic mass is 16.5. The molecule has 1 unspecified atom stereocenters. The average Bonchev–Trinajstić information content (AvgIpc) is 2.61. The van der Waals surface area contributed by atoms with Crippen molar-refractivity contribution >= 4 is 11.9 Å². The molecule has 0 bridgehead atoms. The first-order valence-electron chi connectivity index (χ1n) is 9.92. The van der Waals surface area contributed by atoms with Gasteiger partial charge in [0.25, 0.3) is 0 Å². The second-order valence-electron chi connectivity index (χ2n) is 8.31. The van der Waals surface area contributed by atoms with Crippen LogP contribution in [0.1, 0.15) is 38.8 Å². The molecule has 1 aliphatic rings. The van der Waals surface area contributed by atoms with Crippen LogP contribution in [0, 0.1) is 0 Å². The van der Waals surface area contributed by atoms with Crippen molar-refractivity contribution in [1.82, 2.24) is 20.9 Å². The molecule has 156 valence electrons. The van der Waals surface area contributed by atoms with Crippen molar-refractivity contribution in [2.45, 2.75) is 52.4 Å². The number of carbonyl (C=O) groups is 1. The number of aliphatic imine (C=N–C) groups is 1. The molecule has 0 saturated carbocycles. The van der Waals surface area contributed by atoms with Gasteiger partial charge in [-0.25, -0.2) is 0 Å². The number of amides is 1. The van der Waals surface area contributed by atoms with Gasteiger partial charge in [-0.2, -0.15) is 0 Å². The van der Waals surface area contributed by atoms with E-state index >= 15 is 0 Å². The van der Waals surface area contributed by atoms with Gasteiger partial charge in [0, 0.05) is 38.8 Å². The van der Waals surface area contributed by atoms with Crippen molar-refractivity contribution in [2.75, 3.05) is 33.3 Å². The number of hydrogen-bond donors (Lipinski definition) is 3. The van der Waals surface area contributed by atoms with Crippen LogP contribution in [0.2, 0.25) is 0 Å². The third-order valence-electron chi connectivity index (χ3n) is 4.34. The molecular formula is C21H35N5O2. The van der Waals surface area contributed by atoms with Gasteiger partial charge in [-0.1, -0.05) is 24.3 Å². The van der Waals surface area contributed by atoms with Crippen molar-refractivity contribution in [3.05, 3.63) is 35.4 Å². The molecule has 28 heavy (non-hydrogen) atoms. The summed E-state index contributed by atoms with van der Waals surface area (Å²) in [6, 6.07) is 8.56. The maximum Gasteiger partial charge on any atom is 0.239 e. The van der Waals surface area contributed by atoms with E-state index in [1.165, 1.54) is 11.1 Å². The normalized spacial score (nSPS) is 18.6. The summed E-state index contributed by atoms with van der Waals surface area (Å²) < 4.78 is 5.61. The summed E-state index contributed by atoms with van der Waals surface area (Å²) in [6.07, 6.45) is 0.295. The molecule has 0 radical (unpaired) electrons. The fraction of sp³-hybridized carbons (Fsp3) is 0.619. The molecule has 1 fully saturated rings. The molecule has 1 amide bonds. The zero-order valence-electron chi connectivity index (χ0n) is 17.8. The lowest BCUT2D eigenvalue weighted by Crippen LogP contribution is -2.48. The number of carbonyl (C=O) groups excluding carboxylic acids is 1. The third-order valence-corrected chi connectivity index (χ3v) is 4.34. The first kappa shape index (κ1) is 22.2. The van der Waals surface area contributed by atoms with E-state index in [4.69, 9.17) is 4.74 Å². The monoisotopic (exact) mass is 389 g/mol. The van der Waals surface area contributed by atoms with E-state index in [9.17, 15) is 4.79 Å². The highest BCUT2D eigenvalue weighted by Crippen LogP contribution is 2.12. The molecule has 1 aliphatic heterocycles. The average molecular weight is 390 g/mol. The molecule has 0 aliphatic carbocycles. The summed E-state index contributed by atoms with van der Waals surface area (Å²) in [5.41, 5.74) is 2.23. The number of rotatable bonds is 6. The number of morpholine rings is 1. The number of nitrogens with one attached hydrogen (secondary N) is 3. The lowest BCUT2D eigenvalue weighted by atomic mass is 10.1. The van der Waals surface area contributed by atoms with Crippen LogP contribution in [0.4, 0.5) is 0 Å². The zero-order chi connectivity index (χ0) is 20.6. The minimum atomic E-state index is -0.242. The molecule has 1 saturated heterocycles. The van der Waals surface area contributed by atoms with Gasteiger partial charge in [0.2, 0.25) is 5.91 Å². The molecule has 2 rings (SSSR count). The largest absolute Gasteiger partial charge is 0.376 e. The van der Waals surface area contributed by atoms with Gasteiger partial charge in [-0.3, -0.25) is 14.7 Å². The minimum Gasteiger partial charge on any atom is -0.376 e. The van der Waals surface area contributed by atoms with Crippen molar-refractivity contribution in [1.29, 1.82) is 0 Å². The highest BCUT2D eigenvalue weighted by molar-refractivity contribution is 5.86. The Kier molecular flexibility index (Phi) is 8.26. The predicted molar refractivity (Wildman–Crippen MR) is 113 cm³/mol. The van der Waals surface area contributed by atoms with Gasteiger partial charge in [-0.15, -0.1) is 0 Å². The molecule has 0 spiro atoms. The van der Waals surface area contributed by atoms with Crippen LogP contribution in [0.25, 0.3) is 0 Å². The highest BCUT2D eigenvalue weighted by Gasteiger charge is 2.17. The fourth-order valence-electron chi connectivity index (χ4n) is 3.16. The van der Waals surface area contributed by atoms with Crippen molar-refractivity contribution < 1.29 is 9.53 Å². The van der Waals surface area contributed by atoms with E-state index in [1.807, 2.05) is 20.8 Å². The van der Waals surface area contributed by atoms with Crippen LogP contribution in [0.15, 0.2) is 29.3 Å². The molecule has 1 atom stereocenters. The van der Waals surface area contributed by atoms with Crippen LogP contribution in [-0.4, -0.2) is 61.7 Å². The Bertz CT molecular complexity index is 669. The lowest BCUT2D eigenvalue weighted by molar-refractivity contribution is -0.121. The molecule has 0 aromatic heterocycles. The topological polar surface area (TPSA) is 78.0 Å².